The van der Waals surface area contributed by atoms with Crippen molar-refractivity contribution in [3.8, 4) is 0 Å². The van der Waals surface area contributed by atoms with Crippen molar-refractivity contribution < 1.29 is 17.6 Å². The van der Waals surface area contributed by atoms with Crippen molar-refractivity contribution in [2.75, 3.05) is 17.7 Å². The number of benzene rings is 2. The van der Waals surface area contributed by atoms with Crippen LogP contribution >= 0.6 is 11.6 Å². The van der Waals surface area contributed by atoms with E-state index >= 15 is 0 Å². The van der Waals surface area contributed by atoms with Gasteiger partial charge in [0, 0.05) is 11.4 Å². The fourth-order valence-electron chi connectivity index (χ4n) is 1.73. The molecule has 0 aliphatic rings. The molecule has 2 aromatic carbocycles. The normalized spacial score (nSPS) is 11.1. The van der Waals surface area contributed by atoms with E-state index in [1.807, 2.05) is 0 Å². The van der Waals surface area contributed by atoms with Gasteiger partial charge >= 0.3 is 6.03 Å². The number of hydrogen-bond acceptors (Lipinski definition) is 3. The molecule has 2 rings (SSSR count). The summed E-state index contributed by atoms with van der Waals surface area (Å²) in [6.07, 6.45) is 0. The van der Waals surface area contributed by atoms with E-state index in [0.717, 1.165) is 6.07 Å². The summed E-state index contributed by atoms with van der Waals surface area (Å²) in [7, 11) is -2.31. The maximum Gasteiger partial charge on any atom is 0.323 e. The van der Waals surface area contributed by atoms with Crippen molar-refractivity contribution in [2.24, 2.45) is 0 Å². The quantitative estimate of drug-likeness (QED) is 0.786. The van der Waals surface area contributed by atoms with Gasteiger partial charge in [0.2, 0.25) is 10.0 Å². The van der Waals surface area contributed by atoms with Crippen LogP contribution in [0.15, 0.2) is 47.4 Å². The van der Waals surface area contributed by atoms with Gasteiger partial charge in [0.25, 0.3) is 0 Å². The van der Waals surface area contributed by atoms with Crippen molar-refractivity contribution in [3.05, 3.63) is 53.3 Å². The van der Waals surface area contributed by atoms with E-state index in [2.05, 4.69) is 15.4 Å². The first kappa shape index (κ1) is 17.2. The Morgan fingerprint density at radius 3 is 2.35 bits per heavy atom. The lowest BCUT2D eigenvalue weighted by Crippen LogP contribution is -2.21. The Bertz CT molecular complexity index is 843. The van der Waals surface area contributed by atoms with E-state index in [1.165, 1.54) is 43.4 Å². The van der Waals surface area contributed by atoms with Crippen molar-refractivity contribution in [1.82, 2.24) is 4.72 Å². The lowest BCUT2D eigenvalue weighted by atomic mass is 10.3. The van der Waals surface area contributed by atoms with Crippen LogP contribution in [0.5, 0.6) is 0 Å². The van der Waals surface area contributed by atoms with Gasteiger partial charge in [-0.25, -0.2) is 22.3 Å². The van der Waals surface area contributed by atoms with E-state index < -0.39 is 21.9 Å². The maximum absolute atomic E-state index is 13.0. The summed E-state index contributed by atoms with van der Waals surface area (Å²) in [5.41, 5.74) is 0.583. The van der Waals surface area contributed by atoms with Crippen LogP contribution in [0.2, 0.25) is 5.02 Å². The van der Waals surface area contributed by atoms with Gasteiger partial charge in [-0.05, 0) is 43.4 Å². The van der Waals surface area contributed by atoms with Gasteiger partial charge in [-0.15, -0.1) is 0 Å². The minimum atomic E-state index is -3.61. The van der Waals surface area contributed by atoms with Crippen molar-refractivity contribution in [2.45, 2.75) is 4.90 Å². The van der Waals surface area contributed by atoms with E-state index in [0.29, 0.717) is 5.69 Å². The number of nitrogens with one attached hydrogen (secondary N) is 3. The molecular weight excluding hydrogens is 345 g/mol. The first-order chi connectivity index (χ1) is 10.8. The molecule has 0 aliphatic carbocycles. The van der Waals surface area contributed by atoms with Gasteiger partial charge in [0.15, 0.2) is 0 Å². The van der Waals surface area contributed by atoms with Crippen LogP contribution < -0.4 is 15.4 Å². The van der Waals surface area contributed by atoms with Crippen LogP contribution in [-0.2, 0) is 10.0 Å². The number of anilines is 2. The fraction of sp³-hybridized carbons (Fsp3) is 0.0714. The molecule has 3 N–H and O–H groups in total. The molecular formula is C14H13ClFN3O3S. The van der Waals surface area contributed by atoms with Crippen molar-refractivity contribution in [3.63, 3.8) is 0 Å². The largest absolute Gasteiger partial charge is 0.323 e. The molecule has 0 bridgehead atoms. The molecule has 0 fully saturated rings. The topological polar surface area (TPSA) is 87.3 Å². The smallest absolute Gasteiger partial charge is 0.308 e. The monoisotopic (exact) mass is 357 g/mol. The molecule has 122 valence electrons. The van der Waals surface area contributed by atoms with Crippen molar-refractivity contribution in [1.29, 1.82) is 0 Å². The zero-order chi connectivity index (χ0) is 17.0. The zero-order valence-electron chi connectivity index (χ0n) is 11.9. The van der Waals surface area contributed by atoms with Crippen LogP contribution in [0.25, 0.3) is 0 Å². The molecule has 6 nitrogen and oxygen atoms in total. The maximum atomic E-state index is 13.0. The molecule has 0 aliphatic heterocycles. The Balaban J connectivity index is 2.11. The lowest BCUT2D eigenvalue weighted by Gasteiger charge is -2.09. The van der Waals surface area contributed by atoms with Crippen LogP contribution in [0, 0.1) is 5.82 Å². The van der Waals surface area contributed by atoms with Gasteiger partial charge in [-0.3, -0.25) is 0 Å². The molecule has 0 saturated heterocycles. The van der Waals surface area contributed by atoms with Crippen LogP contribution in [0.4, 0.5) is 20.6 Å². The molecule has 2 aromatic rings. The highest BCUT2D eigenvalue weighted by Crippen LogP contribution is 2.20. The Hall–Kier alpha value is -2.16. The number of carbonyl (C=O) groups is 1. The average molecular weight is 358 g/mol. The minimum absolute atomic E-state index is 0.0163. The number of rotatable bonds is 4. The van der Waals surface area contributed by atoms with E-state index in [9.17, 15) is 17.6 Å². The summed E-state index contributed by atoms with van der Waals surface area (Å²) in [5, 5.41) is 4.83. The first-order valence-corrected chi connectivity index (χ1v) is 8.24. The number of carbonyl (C=O) groups excluding carboxylic acids is 1. The molecule has 0 spiro atoms. The molecule has 0 radical (unpaired) electrons. The summed E-state index contributed by atoms with van der Waals surface area (Å²) in [4.78, 5) is 11.9. The summed E-state index contributed by atoms with van der Waals surface area (Å²) >= 11 is 5.62. The second kappa shape index (κ2) is 6.95. The molecule has 0 atom stereocenters. The predicted octanol–water partition coefficient (Wildman–Crippen LogP) is 3.03. The third-order valence-electron chi connectivity index (χ3n) is 2.85. The summed E-state index contributed by atoms with van der Waals surface area (Å²) in [6.45, 7) is 0. The van der Waals surface area contributed by atoms with Gasteiger partial charge in [-0.2, -0.15) is 0 Å². The third kappa shape index (κ3) is 4.41. The van der Waals surface area contributed by atoms with Gasteiger partial charge in [0.05, 0.1) is 9.92 Å². The predicted molar refractivity (Wildman–Crippen MR) is 86.7 cm³/mol. The summed E-state index contributed by atoms with van der Waals surface area (Å²) in [5.74, 6) is -0.595. The summed E-state index contributed by atoms with van der Waals surface area (Å²) < 4.78 is 38.7. The number of halogens is 2. The molecule has 23 heavy (non-hydrogen) atoms. The standard InChI is InChI=1S/C14H13ClFN3O3S/c1-17-23(21,22)11-4-2-3-9(7-11)18-14(20)19-10-5-6-13(16)12(15)8-10/h2-8,17H,1H3,(H2,18,19,20). The van der Waals surface area contributed by atoms with E-state index in [1.54, 1.807) is 0 Å². The Kier molecular flexibility index (Phi) is 5.19. The number of amides is 2. The molecule has 0 saturated carbocycles. The zero-order valence-corrected chi connectivity index (χ0v) is 13.5. The van der Waals surface area contributed by atoms with Crippen LogP contribution in [-0.4, -0.2) is 21.5 Å². The van der Waals surface area contributed by atoms with Gasteiger partial charge < -0.3 is 10.6 Å². The highest BCUT2D eigenvalue weighted by atomic mass is 35.5. The van der Waals surface area contributed by atoms with Gasteiger partial charge in [0.1, 0.15) is 5.82 Å². The second-order valence-electron chi connectivity index (χ2n) is 4.44. The SMILES string of the molecule is CNS(=O)(=O)c1cccc(NC(=O)Nc2ccc(F)c(Cl)c2)c1. The molecule has 0 unspecified atom stereocenters. The first-order valence-electron chi connectivity index (χ1n) is 6.38. The Morgan fingerprint density at radius 2 is 1.74 bits per heavy atom. The van der Waals surface area contributed by atoms with Crippen molar-refractivity contribution >= 4 is 39.0 Å². The van der Waals surface area contributed by atoms with E-state index in [4.69, 9.17) is 11.6 Å². The van der Waals surface area contributed by atoms with E-state index in [-0.39, 0.29) is 15.6 Å². The number of urea groups is 1. The van der Waals surface area contributed by atoms with Crippen LogP contribution in [0.3, 0.4) is 0 Å². The third-order valence-corrected chi connectivity index (χ3v) is 4.55. The average Bonchev–Trinajstić information content (AvgIpc) is 2.51. The summed E-state index contributed by atoms with van der Waals surface area (Å²) in [6, 6.07) is 8.85. The van der Waals surface area contributed by atoms with Gasteiger partial charge in [-0.1, -0.05) is 17.7 Å². The number of sulfonamides is 1. The second-order valence-corrected chi connectivity index (χ2v) is 6.74. The molecule has 0 heterocycles. The molecule has 9 heteroatoms. The Morgan fingerprint density at radius 1 is 1.09 bits per heavy atom. The fourth-order valence-corrected chi connectivity index (χ4v) is 2.68. The lowest BCUT2D eigenvalue weighted by molar-refractivity contribution is 0.262. The highest BCUT2D eigenvalue weighted by Gasteiger charge is 2.12. The Labute approximate surface area is 137 Å². The molecule has 2 amide bonds. The highest BCUT2D eigenvalue weighted by molar-refractivity contribution is 7.89. The molecule has 0 aromatic heterocycles. The minimum Gasteiger partial charge on any atom is -0.308 e. The van der Waals surface area contributed by atoms with Crippen LogP contribution in [0.1, 0.15) is 0 Å². The number of hydrogen-bond donors (Lipinski definition) is 3.